The molecule has 0 spiro atoms. The third kappa shape index (κ3) is 4.28. The lowest BCUT2D eigenvalue weighted by Crippen LogP contribution is -2.54. The van der Waals surface area contributed by atoms with Crippen molar-refractivity contribution in [1.29, 1.82) is 0 Å². The summed E-state index contributed by atoms with van der Waals surface area (Å²) in [5, 5.41) is 41.2. The SMILES string of the molecule is C[C@@]1(O)[C@@H](COC(Cc2ccccc2)(C(=O)O)C(=O)O)O[C@@H](n2cnc3c(N)nc(Cl)nc32)[C@@H]1O. The van der Waals surface area contributed by atoms with E-state index in [0.29, 0.717) is 5.56 Å². The minimum absolute atomic E-state index is 0.00788. The lowest BCUT2D eigenvalue weighted by atomic mass is 9.92. The molecule has 0 bridgehead atoms. The fraction of sp³-hybridized carbons (Fsp3) is 0.381. The zero-order chi connectivity index (χ0) is 25.5. The summed E-state index contributed by atoms with van der Waals surface area (Å²) in [5.74, 6) is -3.47. The highest BCUT2D eigenvalue weighted by Gasteiger charge is 2.56. The average molecular weight is 508 g/mol. The maximum Gasteiger partial charge on any atom is 0.348 e. The predicted molar refractivity (Wildman–Crippen MR) is 119 cm³/mol. The van der Waals surface area contributed by atoms with Gasteiger partial charge in [0.2, 0.25) is 5.28 Å². The second-order valence-corrected chi connectivity index (χ2v) is 8.64. The molecule has 35 heavy (non-hydrogen) atoms. The quantitative estimate of drug-likeness (QED) is 0.205. The first kappa shape index (κ1) is 24.8. The first-order valence-corrected chi connectivity index (χ1v) is 10.7. The van der Waals surface area contributed by atoms with E-state index in [-0.39, 0.29) is 22.3 Å². The standard InChI is InChI=1S/C21H22ClN5O8/c1-20(33)11(8-34-21(17(29)30,18(31)32)7-10-5-3-2-4-6-10)35-16(13(20)28)27-9-24-12-14(23)25-19(22)26-15(12)27/h2-6,9,11,13,16,28,33H,7-8H2,1H3,(H,29,30)(H,31,32)(H2,23,25,26)/t11-,13+,16-,20-/m1/s1. The lowest BCUT2D eigenvalue weighted by Gasteiger charge is -2.30. The summed E-state index contributed by atoms with van der Waals surface area (Å²) >= 11 is 5.88. The van der Waals surface area contributed by atoms with Gasteiger partial charge in [0.1, 0.15) is 23.3 Å². The molecule has 3 heterocycles. The number of carbonyl (C=O) groups is 2. The Kier molecular flexibility index (Phi) is 6.38. The number of halogens is 1. The number of rotatable bonds is 8. The highest BCUT2D eigenvalue weighted by molar-refractivity contribution is 6.28. The van der Waals surface area contributed by atoms with Gasteiger partial charge in [0.15, 0.2) is 17.7 Å². The van der Waals surface area contributed by atoms with Crippen LogP contribution in [-0.4, -0.2) is 81.9 Å². The first-order valence-electron chi connectivity index (χ1n) is 10.3. The minimum atomic E-state index is -2.67. The fourth-order valence-corrected chi connectivity index (χ4v) is 4.07. The molecule has 186 valence electrons. The van der Waals surface area contributed by atoms with Crippen LogP contribution >= 0.6 is 11.6 Å². The van der Waals surface area contributed by atoms with E-state index in [0.717, 1.165) is 0 Å². The highest BCUT2D eigenvalue weighted by atomic mass is 35.5. The van der Waals surface area contributed by atoms with Gasteiger partial charge in [-0.15, -0.1) is 0 Å². The summed E-state index contributed by atoms with van der Waals surface area (Å²) in [4.78, 5) is 36.0. The molecule has 3 aromatic rings. The van der Waals surface area contributed by atoms with Crippen molar-refractivity contribution in [1.82, 2.24) is 19.5 Å². The Balaban J connectivity index is 1.62. The molecule has 1 fully saturated rings. The molecule has 14 heteroatoms. The van der Waals surface area contributed by atoms with Gasteiger partial charge in [0.25, 0.3) is 5.60 Å². The number of carboxylic acids is 2. The maximum absolute atomic E-state index is 12.0. The normalized spacial score (nSPS) is 24.6. The minimum Gasteiger partial charge on any atom is -0.479 e. The number of nitrogens with two attached hydrogens (primary N) is 1. The molecule has 13 nitrogen and oxygen atoms in total. The number of hydrogen-bond acceptors (Lipinski definition) is 10. The van der Waals surface area contributed by atoms with Gasteiger partial charge >= 0.3 is 11.9 Å². The summed E-state index contributed by atoms with van der Waals surface area (Å²) in [7, 11) is 0. The van der Waals surface area contributed by atoms with Crippen molar-refractivity contribution in [3.8, 4) is 0 Å². The number of imidazole rings is 1. The molecule has 0 radical (unpaired) electrons. The van der Waals surface area contributed by atoms with Crippen molar-refractivity contribution < 1.29 is 39.5 Å². The van der Waals surface area contributed by atoms with Crippen molar-refractivity contribution in [2.45, 2.75) is 43.0 Å². The van der Waals surface area contributed by atoms with E-state index in [1.807, 2.05) is 0 Å². The third-order valence-electron chi connectivity index (χ3n) is 5.99. The smallest absolute Gasteiger partial charge is 0.348 e. The summed E-state index contributed by atoms with van der Waals surface area (Å²) in [6.45, 7) is 0.581. The van der Waals surface area contributed by atoms with E-state index >= 15 is 0 Å². The van der Waals surface area contributed by atoms with Gasteiger partial charge in [0, 0.05) is 6.42 Å². The Hall–Kier alpha value is -3.36. The van der Waals surface area contributed by atoms with Crippen molar-refractivity contribution in [3.05, 3.63) is 47.5 Å². The largest absolute Gasteiger partial charge is 0.479 e. The zero-order valence-corrected chi connectivity index (χ0v) is 19.0. The summed E-state index contributed by atoms with van der Waals surface area (Å²) in [5.41, 5.74) is 1.88. The number of anilines is 1. The van der Waals surface area contributed by atoms with Gasteiger partial charge in [-0.2, -0.15) is 9.97 Å². The maximum atomic E-state index is 12.0. The Bertz CT molecular complexity index is 1250. The topological polar surface area (TPSA) is 203 Å². The van der Waals surface area contributed by atoms with Crippen LogP contribution in [-0.2, 0) is 25.5 Å². The van der Waals surface area contributed by atoms with Gasteiger partial charge in [-0.3, -0.25) is 4.57 Å². The Labute approximate surface area is 202 Å². The molecule has 1 saturated heterocycles. The van der Waals surface area contributed by atoms with E-state index in [2.05, 4.69) is 15.0 Å². The van der Waals surface area contributed by atoms with Crippen LogP contribution in [0.4, 0.5) is 5.82 Å². The van der Waals surface area contributed by atoms with Crippen LogP contribution in [0.1, 0.15) is 18.7 Å². The van der Waals surface area contributed by atoms with Crippen LogP contribution in [0.15, 0.2) is 36.7 Å². The first-order chi connectivity index (χ1) is 16.5. The summed E-state index contributed by atoms with van der Waals surface area (Å²) in [6, 6.07) is 8.09. The summed E-state index contributed by atoms with van der Waals surface area (Å²) in [6.07, 6.45) is -3.38. The predicted octanol–water partition coefficient (Wildman–Crippen LogP) is 0.238. The molecule has 4 atom stereocenters. The van der Waals surface area contributed by atoms with E-state index in [4.69, 9.17) is 26.8 Å². The number of nitrogen functional groups attached to an aromatic ring is 1. The molecule has 4 rings (SSSR count). The molecule has 1 aliphatic rings. The second kappa shape index (κ2) is 9.02. The van der Waals surface area contributed by atoms with Crippen LogP contribution in [0.3, 0.4) is 0 Å². The third-order valence-corrected chi connectivity index (χ3v) is 6.16. The summed E-state index contributed by atoms with van der Waals surface area (Å²) < 4.78 is 12.5. The molecule has 6 N–H and O–H groups in total. The Morgan fingerprint density at radius 1 is 1.26 bits per heavy atom. The fourth-order valence-electron chi connectivity index (χ4n) is 3.90. The monoisotopic (exact) mass is 507 g/mol. The van der Waals surface area contributed by atoms with Gasteiger partial charge in [-0.1, -0.05) is 30.3 Å². The number of hydrogen-bond donors (Lipinski definition) is 5. The molecule has 0 aliphatic carbocycles. The molecular weight excluding hydrogens is 486 g/mol. The van der Waals surface area contributed by atoms with E-state index in [1.54, 1.807) is 30.3 Å². The van der Waals surface area contributed by atoms with Crippen LogP contribution in [0, 0.1) is 0 Å². The number of ether oxygens (including phenoxy) is 2. The molecular formula is C21H22ClN5O8. The molecule has 0 unspecified atom stereocenters. The number of benzene rings is 1. The van der Waals surface area contributed by atoms with Crippen LogP contribution in [0.25, 0.3) is 11.2 Å². The number of nitrogens with zero attached hydrogens (tertiary/aromatic N) is 4. The Morgan fingerprint density at radius 3 is 2.54 bits per heavy atom. The molecule has 2 aromatic heterocycles. The van der Waals surface area contributed by atoms with Gasteiger partial charge in [-0.05, 0) is 24.1 Å². The molecule has 0 saturated carbocycles. The molecule has 0 amide bonds. The second-order valence-electron chi connectivity index (χ2n) is 8.30. The zero-order valence-electron chi connectivity index (χ0n) is 18.3. The van der Waals surface area contributed by atoms with Crippen molar-refractivity contribution in [3.63, 3.8) is 0 Å². The number of carboxylic acid groups (broad SMARTS) is 2. The van der Waals surface area contributed by atoms with Gasteiger partial charge < -0.3 is 35.6 Å². The van der Waals surface area contributed by atoms with Gasteiger partial charge in [-0.25, -0.2) is 14.6 Å². The highest BCUT2D eigenvalue weighted by Crippen LogP contribution is 2.39. The number of aliphatic hydroxyl groups is 2. The van der Waals surface area contributed by atoms with Crippen LogP contribution in [0.5, 0.6) is 0 Å². The van der Waals surface area contributed by atoms with E-state index < -0.39 is 54.6 Å². The lowest BCUT2D eigenvalue weighted by molar-refractivity contribution is -0.192. The number of aliphatic carboxylic acids is 2. The van der Waals surface area contributed by atoms with Crippen LogP contribution < -0.4 is 5.73 Å². The van der Waals surface area contributed by atoms with Crippen molar-refractivity contribution in [2.75, 3.05) is 12.3 Å². The van der Waals surface area contributed by atoms with Crippen molar-refractivity contribution >= 4 is 40.5 Å². The van der Waals surface area contributed by atoms with Gasteiger partial charge in [0.05, 0.1) is 12.9 Å². The van der Waals surface area contributed by atoms with Crippen molar-refractivity contribution in [2.24, 2.45) is 0 Å². The number of aromatic nitrogens is 4. The number of aliphatic hydroxyl groups excluding tert-OH is 1. The van der Waals surface area contributed by atoms with E-state index in [1.165, 1.54) is 17.8 Å². The molecule has 1 aliphatic heterocycles. The Morgan fingerprint density at radius 2 is 1.91 bits per heavy atom. The number of fused-ring (bicyclic) bond motifs is 1. The molecule has 1 aromatic carbocycles. The van der Waals surface area contributed by atoms with Crippen LogP contribution in [0.2, 0.25) is 5.28 Å². The average Bonchev–Trinajstić information content (AvgIpc) is 3.30. The van der Waals surface area contributed by atoms with E-state index in [9.17, 15) is 30.0 Å².